The molecular formula is C18H8Br4N2O3S2. The fourth-order valence-corrected chi connectivity index (χ4v) is 7.20. The van der Waals surface area contributed by atoms with Gasteiger partial charge in [-0.3, -0.25) is 14.4 Å². The predicted molar refractivity (Wildman–Crippen MR) is 129 cm³/mol. The second kappa shape index (κ2) is 8.16. The van der Waals surface area contributed by atoms with E-state index in [9.17, 15) is 14.4 Å². The van der Waals surface area contributed by atoms with Crippen molar-refractivity contribution in [1.29, 1.82) is 0 Å². The molecule has 0 atom stereocenters. The lowest BCUT2D eigenvalue weighted by atomic mass is 10.1. The van der Waals surface area contributed by atoms with E-state index in [1.165, 1.54) is 34.9 Å². The van der Waals surface area contributed by atoms with Crippen molar-refractivity contribution in [3.8, 4) is 0 Å². The molecule has 0 N–H and O–H groups in total. The van der Waals surface area contributed by atoms with Crippen LogP contribution in [0.4, 0.5) is 5.69 Å². The van der Waals surface area contributed by atoms with Crippen molar-refractivity contribution >= 4 is 120 Å². The predicted octanol–water partition coefficient (Wildman–Crippen LogP) is 6.83. The lowest BCUT2D eigenvalue weighted by Crippen LogP contribution is -2.29. The molecule has 0 aliphatic carbocycles. The van der Waals surface area contributed by atoms with E-state index < -0.39 is 11.8 Å². The van der Waals surface area contributed by atoms with E-state index in [0.29, 0.717) is 40.5 Å². The molecule has 1 aromatic heterocycles. The van der Waals surface area contributed by atoms with Crippen LogP contribution in [0.5, 0.6) is 0 Å². The molecule has 0 saturated heterocycles. The SMILES string of the molecule is CC(=O)CSc1nc2ccc(N3C(=O)c4c(Br)c(Br)c(Br)c(Br)c4C3=O)cc2s1. The van der Waals surface area contributed by atoms with Gasteiger partial charge in [0.1, 0.15) is 5.78 Å². The first kappa shape index (κ1) is 21.6. The number of Topliss-reactive ketones (excluding diaryl/α,β-unsaturated/α-hetero) is 1. The number of anilines is 1. The monoisotopic (exact) mass is 680 g/mol. The van der Waals surface area contributed by atoms with Crippen molar-refractivity contribution in [3.05, 3.63) is 47.2 Å². The maximum atomic E-state index is 13.1. The van der Waals surface area contributed by atoms with Gasteiger partial charge in [-0.25, -0.2) is 9.88 Å². The van der Waals surface area contributed by atoms with Crippen LogP contribution in [-0.4, -0.2) is 28.3 Å². The Hall–Kier alpha value is -0.590. The van der Waals surface area contributed by atoms with E-state index in [-0.39, 0.29) is 5.78 Å². The van der Waals surface area contributed by atoms with Crippen molar-refractivity contribution in [1.82, 2.24) is 4.98 Å². The molecule has 1 aliphatic rings. The average molecular weight is 684 g/mol. The summed E-state index contributed by atoms with van der Waals surface area (Å²) in [4.78, 5) is 43.1. The summed E-state index contributed by atoms with van der Waals surface area (Å²) in [6.45, 7) is 1.54. The lowest BCUT2D eigenvalue weighted by molar-refractivity contribution is -0.114. The summed E-state index contributed by atoms with van der Waals surface area (Å²) in [6.07, 6.45) is 0. The van der Waals surface area contributed by atoms with Gasteiger partial charge in [-0.1, -0.05) is 11.8 Å². The molecule has 0 radical (unpaired) electrons. The summed E-state index contributed by atoms with van der Waals surface area (Å²) in [5, 5.41) is 0. The standard InChI is InChI=1S/C18H8Br4N2O3S2/c1-6(25)5-28-18-23-8-3-2-7(4-9(8)29-18)24-16(26)10-11(17(24)27)13(20)15(22)14(21)12(10)19/h2-4H,5H2,1H3. The third-order valence-electron chi connectivity index (χ3n) is 4.11. The molecule has 0 spiro atoms. The van der Waals surface area contributed by atoms with Gasteiger partial charge < -0.3 is 0 Å². The minimum Gasteiger partial charge on any atom is -0.299 e. The van der Waals surface area contributed by atoms with E-state index in [1.54, 1.807) is 18.2 Å². The number of ketones is 1. The smallest absolute Gasteiger partial charge is 0.267 e. The number of fused-ring (bicyclic) bond motifs is 2. The fourth-order valence-electron chi connectivity index (χ4n) is 2.84. The molecule has 3 aromatic rings. The summed E-state index contributed by atoms with van der Waals surface area (Å²) in [6, 6.07) is 5.26. The number of carbonyl (C=O) groups is 3. The number of thioether (sulfide) groups is 1. The van der Waals surface area contributed by atoms with Crippen LogP contribution in [-0.2, 0) is 4.79 Å². The zero-order valence-corrected chi connectivity index (χ0v) is 22.4. The van der Waals surface area contributed by atoms with Crippen LogP contribution < -0.4 is 4.90 Å². The van der Waals surface area contributed by atoms with E-state index in [2.05, 4.69) is 68.7 Å². The highest BCUT2D eigenvalue weighted by Gasteiger charge is 2.42. The van der Waals surface area contributed by atoms with Crippen LogP contribution in [0.15, 0.2) is 40.4 Å². The zero-order valence-electron chi connectivity index (χ0n) is 14.4. The van der Waals surface area contributed by atoms with E-state index >= 15 is 0 Å². The normalized spacial score (nSPS) is 13.5. The number of aromatic nitrogens is 1. The van der Waals surface area contributed by atoms with Gasteiger partial charge in [0, 0.05) is 17.9 Å². The van der Waals surface area contributed by atoms with Crippen LogP contribution in [0.2, 0.25) is 0 Å². The van der Waals surface area contributed by atoms with Crippen molar-refractivity contribution in [3.63, 3.8) is 0 Å². The van der Waals surface area contributed by atoms with Gasteiger partial charge in [0.15, 0.2) is 4.34 Å². The Kier molecular flexibility index (Phi) is 6.09. The van der Waals surface area contributed by atoms with Crippen LogP contribution in [0.1, 0.15) is 27.6 Å². The van der Waals surface area contributed by atoms with E-state index in [0.717, 1.165) is 14.6 Å². The van der Waals surface area contributed by atoms with Crippen molar-refractivity contribution in [2.75, 3.05) is 10.7 Å². The molecule has 2 amide bonds. The summed E-state index contributed by atoms with van der Waals surface area (Å²) in [5.41, 5.74) is 1.84. The molecule has 4 rings (SSSR count). The number of halogens is 4. The highest BCUT2D eigenvalue weighted by atomic mass is 79.9. The minimum absolute atomic E-state index is 0.0782. The number of imide groups is 1. The number of thiazole rings is 1. The van der Waals surface area contributed by atoms with Crippen LogP contribution >= 0.6 is 86.8 Å². The van der Waals surface area contributed by atoms with E-state index in [1.807, 2.05) is 0 Å². The van der Waals surface area contributed by atoms with Gasteiger partial charge in [0.2, 0.25) is 0 Å². The average Bonchev–Trinajstić information content (AvgIpc) is 3.20. The maximum absolute atomic E-state index is 13.1. The van der Waals surface area contributed by atoms with Gasteiger partial charge in [-0.15, -0.1) is 11.3 Å². The molecular weight excluding hydrogens is 676 g/mol. The van der Waals surface area contributed by atoms with Crippen LogP contribution in [0.3, 0.4) is 0 Å². The zero-order chi connectivity index (χ0) is 21.0. The number of rotatable bonds is 4. The molecule has 0 bridgehead atoms. The summed E-state index contributed by atoms with van der Waals surface area (Å²) >= 11 is 16.5. The summed E-state index contributed by atoms with van der Waals surface area (Å²) in [7, 11) is 0. The third-order valence-corrected chi connectivity index (χ3v) is 11.2. The summed E-state index contributed by atoms with van der Waals surface area (Å²) < 4.78 is 3.95. The second-order valence-electron chi connectivity index (χ2n) is 6.07. The minimum atomic E-state index is -0.402. The number of benzene rings is 2. The Morgan fingerprint density at radius 3 is 2.17 bits per heavy atom. The Labute approximate surface area is 207 Å². The van der Waals surface area contributed by atoms with Crippen LogP contribution in [0.25, 0.3) is 10.2 Å². The molecule has 0 unspecified atom stereocenters. The fraction of sp³-hybridized carbons (Fsp3) is 0.111. The Balaban J connectivity index is 1.77. The molecule has 0 saturated carbocycles. The molecule has 29 heavy (non-hydrogen) atoms. The molecule has 2 heterocycles. The first-order valence-corrected chi connectivity index (χ1v) is 13.0. The van der Waals surface area contributed by atoms with Gasteiger partial charge >= 0.3 is 0 Å². The van der Waals surface area contributed by atoms with Gasteiger partial charge in [0.05, 0.1) is 32.8 Å². The number of amides is 2. The molecule has 1 aliphatic heterocycles. The highest BCUT2D eigenvalue weighted by Crippen LogP contribution is 2.46. The maximum Gasteiger partial charge on any atom is 0.267 e. The van der Waals surface area contributed by atoms with Crippen molar-refractivity contribution in [2.24, 2.45) is 0 Å². The number of hydrogen-bond donors (Lipinski definition) is 0. The Bertz CT molecular complexity index is 1190. The molecule has 0 fully saturated rings. The number of carbonyl (C=O) groups excluding carboxylic acids is 3. The Morgan fingerprint density at radius 2 is 1.62 bits per heavy atom. The first-order valence-electron chi connectivity index (χ1n) is 7.98. The van der Waals surface area contributed by atoms with Gasteiger partial charge in [0.25, 0.3) is 11.8 Å². The highest BCUT2D eigenvalue weighted by molar-refractivity contribution is 9.15. The Morgan fingerprint density at radius 1 is 1.03 bits per heavy atom. The largest absolute Gasteiger partial charge is 0.299 e. The lowest BCUT2D eigenvalue weighted by Gasteiger charge is -2.13. The van der Waals surface area contributed by atoms with E-state index in [4.69, 9.17) is 0 Å². The van der Waals surface area contributed by atoms with Gasteiger partial charge in [-0.2, -0.15) is 0 Å². The molecule has 2 aromatic carbocycles. The van der Waals surface area contributed by atoms with Crippen LogP contribution in [0, 0.1) is 0 Å². The first-order chi connectivity index (χ1) is 13.7. The van der Waals surface area contributed by atoms with Crippen molar-refractivity contribution in [2.45, 2.75) is 11.3 Å². The quantitative estimate of drug-likeness (QED) is 0.131. The molecule has 11 heteroatoms. The summed E-state index contributed by atoms with van der Waals surface area (Å²) in [5.74, 6) is -0.368. The second-order valence-corrected chi connectivity index (χ2v) is 11.5. The van der Waals surface area contributed by atoms with Crippen molar-refractivity contribution < 1.29 is 14.4 Å². The number of nitrogens with zero attached hydrogens (tertiary/aromatic N) is 2. The van der Waals surface area contributed by atoms with Gasteiger partial charge in [-0.05, 0) is 88.8 Å². The molecule has 5 nitrogen and oxygen atoms in total. The topological polar surface area (TPSA) is 67.3 Å². The molecule has 148 valence electrons. The third kappa shape index (κ3) is 3.67. The number of hydrogen-bond acceptors (Lipinski definition) is 6.